The molecule has 0 spiro atoms. The van der Waals surface area contributed by atoms with Crippen LogP contribution in [0, 0.1) is 22.7 Å². The highest BCUT2D eigenvalue weighted by Crippen LogP contribution is 2.65. The van der Waals surface area contributed by atoms with E-state index in [0.29, 0.717) is 0 Å². The summed E-state index contributed by atoms with van der Waals surface area (Å²) in [5, 5.41) is 43.9. The number of Topliss-reactive ketones (excluding diaryl/α,β-unsaturated/α-hetero) is 1. The van der Waals surface area contributed by atoms with E-state index < -0.39 is 131 Å². The molecule has 1 aliphatic heterocycles. The zero-order valence-corrected chi connectivity index (χ0v) is 36.2. The first-order valence-electron chi connectivity index (χ1n) is 20.0. The van der Waals surface area contributed by atoms with Crippen molar-refractivity contribution in [2.45, 2.75) is 148 Å². The number of esters is 4. The molecule has 1 aromatic rings. The van der Waals surface area contributed by atoms with Crippen LogP contribution in [0.25, 0.3) is 10.4 Å². The standard InChI is InChI=1S/C42H56N4O15/c1-19(2)27(44-37(54)61-38(6,7)8)28(50)36(53)58-29-20(3)26-30(57-21(4)47)33(51)40(11)24(49)17-25-41(18-56-25,60-22(5)48)31(40)34(59-35(52)23-15-13-12-14-16-23)42(55,39(26,9)10)32(29)45-46-43/h12-16,19,24-25,27-32,34,49-50,55H,17-18H2,1-11H3,(H,44,54)/t24-,25+,27-,28+,29+,30+,31-,32-,34-,40+,41-,42+/m0/s1. The second-order valence-corrected chi connectivity index (χ2v) is 18.3. The molecule has 2 saturated carbocycles. The molecule has 2 bridgehead atoms. The first kappa shape index (κ1) is 47.0. The Morgan fingerprint density at radius 2 is 1.64 bits per heavy atom. The molecule has 19 nitrogen and oxygen atoms in total. The number of aliphatic hydroxyl groups excluding tert-OH is 2. The van der Waals surface area contributed by atoms with E-state index in [0.717, 1.165) is 13.8 Å². The fraction of sp³-hybridized carbons (Fsp3) is 0.667. The predicted molar refractivity (Wildman–Crippen MR) is 211 cm³/mol. The molecule has 1 heterocycles. The van der Waals surface area contributed by atoms with Crippen molar-refractivity contribution in [3.05, 3.63) is 57.5 Å². The number of hydrogen-bond donors (Lipinski definition) is 4. The molecule has 4 N–H and O–H groups in total. The van der Waals surface area contributed by atoms with Gasteiger partial charge in [0.05, 0.1) is 35.6 Å². The Balaban J connectivity index is 1.82. The quantitative estimate of drug-likeness (QED) is 0.0655. The van der Waals surface area contributed by atoms with Crippen LogP contribution in [0.15, 0.2) is 46.6 Å². The first-order chi connectivity index (χ1) is 28.2. The molecule has 0 unspecified atom stereocenters. The average molecular weight is 857 g/mol. The van der Waals surface area contributed by atoms with Crippen LogP contribution < -0.4 is 5.32 Å². The summed E-state index contributed by atoms with van der Waals surface area (Å²) in [6, 6.07) is 4.23. The number of azide groups is 1. The number of aliphatic hydroxyl groups is 3. The van der Waals surface area contributed by atoms with Crippen LogP contribution in [0.4, 0.5) is 4.79 Å². The molecule has 12 atom stereocenters. The fourth-order valence-electron chi connectivity index (χ4n) is 9.77. The zero-order valence-electron chi connectivity index (χ0n) is 36.2. The van der Waals surface area contributed by atoms with Gasteiger partial charge in [0, 0.05) is 30.6 Å². The minimum atomic E-state index is -2.82. The van der Waals surface area contributed by atoms with Gasteiger partial charge in [-0.1, -0.05) is 51.0 Å². The van der Waals surface area contributed by atoms with E-state index in [2.05, 4.69) is 15.3 Å². The van der Waals surface area contributed by atoms with Gasteiger partial charge in [0.25, 0.3) is 0 Å². The largest absolute Gasteiger partial charge is 0.455 e. The predicted octanol–water partition coefficient (Wildman–Crippen LogP) is 3.40. The van der Waals surface area contributed by atoms with Crippen molar-refractivity contribution in [2.75, 3.05) is 6.61 Å². The molecule has 1 saturated heterocycles. The molecular formula is C42H56N4O15. The van der Waals surface area contributed by atoms with Crippen LogP contribution >= 0.6 is 0 Å². The van der Waals surface area contributed by atoms with E-state index in [1.807, 2.05) is 0 Å². The summed E-state index contributed by atoms with van der Waals surface area (Å²) in [5.41, 5.74) is 0.144. The highest BCUT2D eigenvalue weighted by Gasteiger charge is 2.80. The van der Waals surface area contributed by atoms with Gasteiger partial charge in [0.2, 0.25) is 0 Å². The number of carbonyl (C=O) groups excluding carboxylic acids is 6. The average Bonchev–Trinajstić information content (AvgIpc) is 3.15. The van der Waals surface area contributed by atoms with Crippen LogP contribution in [0.5, 0.6) is 0 Å². The third-order valence-electron chi connectivity index (χ3n) is 12.7. The summed E-state index contributed by atoms with van der Waals surface area (Å²) in [4.78, 5) is 85.8. The van der Waals surface area contributed by atoms with Crippen LogP contribution in [0.3, 0.4) is 0 Å². The summed E-state index contributed by atoms with van der Waals surface area (Å²) in [6.45, 7) is 15.3. The molecule has 19 heteroatoms. The number of rotatable bonds is 10. The summed E-state index contributed by atoms with van der Waals surface area (Å²) in [5.74, 6) is -7.56. The summed E-state index contributed by atoms with van der Waals surface area (Å²) in [7, 11) is 0. The number of benzene rings is 1. The Bertz CT molecular complexity index is 2030. The van der Waals surface area contributed by atoms with Gasteiger partial charge in [-0.25, -0.2) is 14.4 Å². The lowest BCUT2D eigenvalue weighted by Gasteiger charge is -2.68. The van der Waals surface area contributed by atoms with Crippen molar-refractivity contribution < 1.29 is 72.5 Å². The number of amides is 1. The molecule has 0 aromatic heterocycles. The lowest BCUT2D eigenvalue weighted by atomic mass is 9.44. The van der Waals surface area contributed by atoms with Gasteiger partial charge in [-0.05, 0) is 69.3 Å². The van der Waals surface area contributed by atoms with Crippen molar-refractivity contribution >= 4 is 35.8 Å². The lowest BCUT2D eigenvalue weighted by Crippen LogP contribution is -2.83. The van der Waals surface area contributed by atoms with Crippen molar-refractivity contribution in [2.24, 2.45) is 27.8 Å². The van der Waals surface area contributed by atoms with E-state index in [1.54, 1.807) is 52.8 Å². The molecule has 61 heavy (non-hydrogen) atoms. The normalized spacial score (nSPS) is 33.7. The van der Waals surface area contributed by atoms with Gasteiger partial charge in [-0.3, -0.25) is 14.4 Å². The minimum absolute atomic E-state index is 0.0255. The van der Waals surface area contributed by atoms with Gasteiger partial charge in [-0.15, -0.1) is 0 Å². The third kappa shape index (κ3) is 7.97. The second-order valence-electron chi connectivity index (χ2n) is 18.3. The maximum absolute atomic E-state index is 15.5. The molecule has 3 aliphatic carbocycles. The molecular weight excluding hydrogens is 800 g/mol. The van der Waals surface area contributed by atoms with Crippen LogP contribution in [0.1, 0.15) is 92.9 Å². The summed E-state index contributed by atoms with van der Waals surface area (Å²) < 4.78 is 35.3. The maximum Gasteiger partial charge on any atom is 0.407 e. The summed E-state index contributed by atoms with van der Waals surface area (Å²) in [6.07, 6.45) is -12.1. The molecule has 5 rings (SSSR count). The number of nitrogens with one attached hydrogen (secondary N) is 1. The van der Waals surface area contributed by atoms with Crippen molar-refractivity contribution in [3.63, 3.8) is 0 Å². The van der Waals surface area contributed by atoms with Crippen LogP contribution in [-0.2, 0) is 47.6 Å². The van der Waals surface area contributed by atoms with Gasteiger partial charge in [0.15, 0.2) is 23.6 Å². The number of ketones is 1. The Hall–Kier alpha value is -5.07. The smallest absolute Gasteiger partial charge is 0.407 e. The number of alkyl carbamates (subject to hydrolysis) is 1. The Morgan fingerprint density at radius 3 is 2.15 bits per heavy atom. The van der Waals surface area contributed by atoms with Crippen LogP contribution in [0.2, 0.25) is 0 Å². The maximum atomic E-state index is 15.5. The molecule has 0 radical (unpaired) electrons. The topological polar surface area (TPSA) is 279 Å². The first-order valence-corrected chi connectivity index (χ1v) is 20.0. The van der Waals surface area contributed by atoms with Gasteiger partial charge in [0.1, 0.15) is 35.6 Å². The van der Waals surface area contributed by atoms with Gasteiger partial charge < -0.3 is 49.1 Å². The van der Waals surface area contributed by atoms with Crippen molar-refractivity contribution in [3.8, 4) is 0 Å². The molecule has 1 aromatic carbocycles. The molecule has 3 fully saturated rings. The third-order valence-corrected chi connectivity index (χ3v) is 12.7. The molecule has 4 aliphatic rings. The minimum Gasteiger partial charge on any atom is -0.455 e. The number of fused-ring (bicyclic) bond motifs is 5. The zero-order chi connectivity index (χ0) is 45.8. The number of hydrogen-bond acceptors (Lipinski definition) is 16. The fourth-order valence-corrected chi connectivity index (χ4v) is 9.77. The van der Waals surface area contributed by atoms with Crippen molar-refractivity contribution in [1.29, 1.82) is 0 Å². The van der Waals surface area contributed by atoms with Gasteiger partial charge >= 0.3 is 30.0 Å². The molecule has 1 amide bonds. The van der Waals surface area contributed by atoms with E-state index >= 15 is 4.79 Å². The number of ether oxygens (including phenoxy) is 6. The highest BCUT2D eigenvalue weighted by molar-refractivity contribution is 5.95. The Kier molecular flexibility index (Phi) is 12.8. The summed E-state index contributed by atoms with van der Waals surface area (Å²) >= 11 is 0. The van der Waals surface area contributed by atoms with E-state index in [1.165, 1.54) is 39.8 Å². The van der Waals surface area contributed by atoms with E-state index in [-0.39, 0.29) is 23.1 Å². The van der Waals surface area contributed by atoms with E-state index in [9.17, 15) is 44.8 Å². The van der Waals surface area contributed by atoms with Crippen molar-refractivity contribution in [1.82, 2.24) is 5.32 Å². The van der Waals surface area contributed by atoms with Gasteiger partial charge in [-0.2, -0.15) is 0 Å². The highest BCUT2D eigenvalue weighted by atomic mass is 16.6. The Morgan fingerprint density at radius 1 is 1.02 bits per heavy atom. The van der Waals surface area contributed by atoms with Crippen LogP contribution in [-0.4, -0.2) is 123 Å². The van der Waals surface area contributed by atoms with E-state index in [4.69, 9.17) is 28.4 Å². The SMILES string of the molecule is CC(=O)O[C@H]1C(=O)[C@@]2(C)[C@H]([C@H](OC(=O)c3ccccc3)[C@]3(O)[C@@H](N=[N+]=[N-])[C@H](OC(=O)[C@H](O)[C@@H](NC(=O)OC(C)(C)C)C(C)C)C(C)=C1C3(C)C)[C@]1(OC(C)=O)CO[C@@H]1C[C@@H]2O. The lowest BCUT2D eigenvalue weighted by molar-refractivity contribution is -0.347. The second kappa shape index (κ2) is 16.7. The Labute approximate surface area is 353 Å². The number of nitrogens with zero attached hydrogens (tertiary/aromatic N) is 3. The molecule has 334 valence electrons. The monoisotopic (exact) mass is 856 g/mol. The number of carbonyl (C=O) groups is 6.